The molecule has 2 N–H and O–H groups in total. The molecule has 0 radical (unpaired) electrons. The van der Waals surface area contributed by atoms with Crippen LogP contribution in [-0.2, 0) is 17.8 Å². The van der Waals surface area contributed by atoms with Crippen LogP contribution in [0.2, 0.25) is 0 Å². The lowest BCUT2D eigenvalue weighted by molar-refractivity contribution is 0.184. The van der Waals surface area contributed by atoms with E-state index in [0.29, 0.717) is 26.2 Å². The molecule has 0 fully saturated rings. The molecule has 0 saturated carbocycles. The number of aryl methyl sites for hydroxylation is 1. The predicted molar refractivity (Wildman–Crippen MR) is 76.9 cm³/mol. The Morgan fingerprint density at radius 3 is 2.80 bits per heavy atom. The Hall–Kier alpha value is -1.37. The lowest BCUT2D eigenvalue weighted by atomic mass is 10.2. The van der Waals surface area contributed by atoms with Crippen molar-refractivity contribution in [3.05, 3.63) is 28.2 Å². The quantitative estimate of drug-likeness (QED) is 0.642. The van der Waals surface area contributed by atoms with Crippen LogP contribution in [0.15, 0.2) is 17.1 Å². The van der Waals surface area contributed by atoms with Crippen molar-refractivity contribution >= 4 is 0 Å². The van der Waals surface area contributed by atoms with E-state index in [4.69, 9.17) is 9.84 Å². The third-order valence-corrected chi connectivity index (χ3v) is 3.19. The fraction of sp³-hybridized carbons (Fsp3) is 0.643. The Morgan fingerprint density at radius 2 is 2.20 bits per heavy atom. The Bertz CT molecular complexity index is 459. The fourth-order valence-corrected chi connectivity index (χ4v) is 2.05. The first-order valence-corrected chi connectivity index (χ1v) is 6.86. The Balaban J connectivity index is 2.90. The van der Waals surface area contributed by atoms with E-state index >= 15 is 0 Å². The SMILES string of the molecule is CCN(CCO)Cc1cc(=O)c(O)cn1CCCOC. The standard InChI is InChI=1S/C14H24N2O4/c1-3-15(6-7-17)10-12-9-13(18)14(19)11-16(12)5-4-8-20-2/h9,11,17,19H,3-8,10H2,1-2H3. The van der Waals surface area contributed by atoms with E-state index < -0.39 is 0 Å². The lowest BCUT2D eigenvalue weighted by Crippen LogP contribution is -2.28. The molecular weight excluding hydrogens is 260 g/mol. The summed E-state index contributed by atoms with van der Waals surface area (Å²) >= 11 is 0. The summed E-state index contributed by atoms with van der Waals surface area (Å²) < 4.78 is 6.89. The highest BCUT2D eigenvalue weighted by atomic mass is 16.5. The summed E-state index contributed by atoms with van der Waals surface area (Å²) in [6, 6.07) is 1.46. The van der Waals surface area contributed by atoms with Gasteiger partial charge in [-0.05, 0) is 13.0 Å². The number of hydrogen-bond donors (Lipinski definition) is 2. The zero-order valence-corrected chi connectivity index (χ0v) is 12.2. The van der Waals surface area contributed by atoms with Gasteiger partial charge in [-0.1, -0.05) is 6.92 Å². The predicted octanol–water partition coefficient (Wildman–Crippen LogP) is 0.405. The summed E-state index contributed by atoms with van der Waals surface area (Å²) in [5.41, 5.74) is 0.460. The van der Waals surface area contributed by atoms with Gasteiger partial charge in [0.25, 0.3) is 0 Å². The van der Waals surface area contributed by atoms with E-state index in [0.717, 1.165) is 18.7 Å². The molecule has 1 aromatic heterocycles. The molecule has 0 amide bonds. The molecule has 0 spiro atoms. The molecule has 1 rings (SSSR count). The van der Waals surface area contributed by atoms with Crippen LogP contribution < -0.4 is 5.43 Å². The number of aliphatic hydroxyl groups excluding tert-OH is 1. The second-order valence-corrected chi connectivity index (χ2v) is 4.65. The largest absolute Gasteiger partial charge is 0.503 e. The number of rotatable bonds is 9. The molecule has 0 aliphatic carbocycles. The molecule has 0 unspecified atom stereocenters. The maximum atomic E-state index is 11.6. The summed E-state index contributed by atoms with van der Waals surface area (Å²) in [5.74, 6) is -0.239. The number of aromatic hydroxyl groups is 1. The van der Waals surface area contributed by atoms with Crippen molar-refractivity contribution in [2.24, 2.45) is 0 Å². The lowest BCUT2D eigenvalue weighted by Gasteiger charge is -2.22. The van der Waals surface area contributed by atoms with Crippen LogP contribution in [0.4, 0.5) is 0 Å². The van der Waals surface area contributed by atoms with Crippen LogP contribution in [-0.4, -0.2) is 53.1 Å². The zero-order valence-electron chi connectivity index (χ0n) is 12.2. The highest BCUT2D eigenvalue weighted by Crippen LogP contribution is 2.09. The van der Waals surface area contributed by atoms with Gasteiger partial charge >= 0.3 is 0 Å². The first-order chi connectivity index (χ1) is 9.62. The number of nitrogens with zero attached hydrogens (tertiary/aromatic N) is 2. The van der Waals surface area contributed by atoms with Gasteiger partial charge in [0.15, 0.2) is 5.75 Å². The average molecular weight is 284 g/mol. The van der Waals surface area contributed by atoms with Crippen molar-refractivity contribution in [2.45, 2.75) is 26.4 Å². The van der Waals surface area contributed by atoms with E-state index in [1.165, 1.54) is 12.3 Å². The molecule has 1 heterocycles. The van der Waals surface area contributed by atoms with Crippen LogP contribution in [0, 0.1) is 0 Å². The molecule has 114 valence electrons. The van der Waals surface area contributed by atoms with Crippen LogP contribution in [0.1, 0.15) is 19.0 Å². The molecular formula is C14H24N2O4. The van der Waals surface area contributed by atoms with Crippen molar-refractivity contribution in [3.63, 3.8) is 0 Å². The maximum absolute atomic E-state index is 11.6. The van der Waals surface area contributed by atoms with Gasteiger partial charge in [0, 0.05) is 45.1 Å². The minimum atomic E-state index is -0.372. The number of ether oxygens (including phenoxy) is 1. The van der Waals surface area contributed by atoms with Crippen molar-refractivity contribution in [3.8, 4) is 5.75 Å². The second-order valence-electron chi connectivity index (χ2n) is 4.65. The Labute approximate surface area is 119 Å². The van der Waals surface area contributed by atoms with Gasteiger partial charge in [-0.3, -0.25) is 9.69 Å². The maximum Gasteiger partial charge on any atom is 0.223 e. The van der Waals surface area contributed by atoms with Crippen LogP contribution in [0.5, 0.6) is 5.75 Å². The van der Waals surface area contributed by atoms with Gasteiger partial charge in [-0.15, -0.1) is 0 Å². The molecule has 0 atom stereocenters. The second kappa shape index (κ2) is 8.73. The smallest absolute Gasteiger partial charge is 0.223 e. The third-order valence-electron chi connectivity index (χ3n) is 3.19. The van der Waals surface area contributed by atoms with Gasteiger partial charge in [-0.2, -0.15) is 0 Å². The Kier molecular flexibility index (Phi) is 7.28. The first kappa shape index (κ1) is 16.7. The molecule has 6 heteroatoms. The van der Waals surface area contributed by atoms with Gasteiger partial charge in [-0.25, -0.2) is 0 Å². The number of pyridine rings is 1. The topological polar surface area (TPSA) is 74.9 Å². The average Bonchev–Trinajstić information content (AvgIpc) is 2.43. The number of likely N-dealkylation sites (N-methyl/N-ethyl adjacent to an activating group) is 1. The fourth-order valence-electron chi connectivity index (χ4n) is 2.05. The summed E-state index contributed by atoms with van der Waals surface area (Å²) in [4.78, 5) is 13.6. The molecule has 20 heavy (non-hydrogen) atoms. The van der Waals surface area contributed by atoms with Crippen molar-refractivity contribution < 1.29 is 14.9 Å². The van der Waals surface area contributed by atoms with Gasteiger partial charge in [0.1, 0.15) is 0 Å². The molecule has 6 nitrogen and oxygen atoms in total. The minimum absolute atomic E-state index is 0.0832. The van der Waals surface area contributed by atoms with Crippen molar-refractivity contribution in [1.82, 2.24) is 9.47 Å². The zero-order chi connectivity index (χ0) is 15.0. The highest BCUT2D eigenvalue weighted by Gasteiger charge is 2.09. The number of methoxy groups -OCH3 is 1. The molecule has 0 aliphatic rings. The van der Waals surface area contributed by atoms with E-state index in [2.05, 4.69) is 0 Å². The number of hydrogen-bond acceptors (Lipinski definition) is 5. The van der Waals surface area contributed by atoms with Crippen LogP contribution in [0.25, 0.3) is 0 Å². The minimum Gasteiger partial charge on any atom is -0.503 e. The Morgan fingerprint density at radius 1 is 1.45 bits per heavy atom. The van der Waals surface area contributed by atoms with E-state index in [9.17, 15) is 9.90 Å². The molecule has 0 bridgehead atoms. The van der Waals surface area contributed by atoms with Crippen molar-refractivity contribution in [1.29, 1.82) is 0 Å². The number of aromatic nitrogens is 1. The van der Waals surface area contributed by atoms with Gasteiger partial charge in [0.05, 0.1) is 12.8 Å². The summed E-state index contributed by atoms with van der Waals surface area (Å²) in [6.07, 6.45) is 2.28. The summed E-state index contributed by atoms with van der Waals surface area (Å²) in [6.45, 7) is 5.30. The first-order valence-electron chi connectivity index (χ1n) is 6.86. The monoisotopic (exact) mass is 284 g/mol. The van der Waals surface area contributed by atoms with E-state index in [1.807, 2.05) is 16.4 Å². The summed E-state index contributed by atoms with van der Waals surface area (Å²) in [5, 5.41) is 18.6. The van der Waals surface area contributed by atoms with Crippen LogP contribution >= 0.6 is 0 Å². The molecule has 0 aliphatic heterocycles. The summed E-state index contributed by atoms with van der Waals surface area (Å²) in [7, 11) is 1.64. The molecule has 0 saturated heterocycles. The van der Waals surface area contributed by atoms with Gasteiger partial charge < -0.3 is 19.5 Å². The third kappa shape index (κ3) is 4.96. The highest BCUT2D eigenvalue weighted by molar-refractivity contribution is 5.20. The normalized spacial score (nSPS) is 11.2. The number of aliphatic hydroxyl groups is 1. The van der Waals surface area contributed by atoms with Crippen molar-refractivity contribution in [2.75, 3.05) is 33.4 Å². The van der Waals surface area contributed by atoms with Gasteiger partial charge in [0.2, 0.25) is 5.43 Å². The van der Waals surface area contributed by atoms with E-state index in [-0.39, 0.29) is 17.8 Å². The van der Waals surface area contributed by atoms with Crippen LogP contribution in [0.3, 0.4) is 0 Å². The molecule has 0 aromatic carbocycles. The molecule has 1 aromatic rings. The van der Waals surface area contributed by atoms with E-state index in [1.54, 1.807) is 7.11 Å².